The van der Waals surface area contributed by atoms with Gasteiger partial charge < -0.3 is 0 Å². The molecule has 7 heteroatoms. The maximum absolute atomic E-state index is 14.0. The van der Waals surface area contributed by atoms with E-state index in [1.54, 1.807) is 22.8 Å². The molecule has 2 aromatic heterocycles. The lowest BCUT2D eigenvalue weighted by Crippen LogP contribution is -2.22. The molecule has 0 spiro atoms. The Morgan fingerprint density at radius 1 is 1.44 bits per heavy atom. The second-order valence-corrected chi connectivity index (χ2v) is 8.10. The fourth-order valence-corrected chi connectivity index (χ4v) is 4.94. The molecular weight excluding hydrogens is 379 g/mol. The minimum Gasteiger partial charge on any atom is -0.283 e. The second kappa shape index (κ2) is 7.32. The number of aromatic nitrogens is 2. The Hall–Kier alpha value is -1.63. The second-order valence-electron chi connectivity index (χ2n) is 5.55. The van der Waals surface area contributed by atoms with E-state index in [4.69, 9.17) is 11.6 Å². The van der Waals surface area contributed by atoms with Gasteiger partial charge in [-0.05, 0) is 31.5 Å². The number of thioether (sulfide) groups is 1. The van der Waals surface area contributed by atoms with E-state index in [1.807, 2.05) is 13.8 Å². The van der Waals surface area contributed by atoms with Crippen LogP contribution in [-0.4, -0.2) is 9.55 Å². The third kappa shape index (κ3) is 3.38. The molecule has 0 saturated heterocycles. The van der Waals surface area contributed by atoms with Crippen molar-refractivity contribution in [3.05, 3.63) is 68.1 Å². The molecular formula is C18H16ClFN2OS2. The van der Waals surface area contributed by atoms with Crippen molar-refractivity contribution >= 4 is 44.9 Å². The van der Waals surface area contributed by atoms with Gasteiger partial charge in [0.25, 0.3) is 5.56 Å². The van der Waals surface area contributed by atoms with Crippen molar-refractivity contribution in [2.75, 3.05) is 0 Å². The topological polar surface area (TPSA) is 34.9 Å². The number of halogens is 2. The van der Waals surface area contributed by atoms with Crippen LogP contribution in [0.15, 0.2) is 40.8 Å². The lowest BCUT2D eigenvalue weighted by molar-refractivity contribution is 0.617. The van der Waals surface area contributed by atoms with Crippen LogP contribution in [-0.2, 0) is 12.3 Å². The van der Waals surface area contributed by atoms with Gasteiger partial charge in [-0.15, -0.1) is 17.9 Å². The number of thiophene rings is 1. The number of nitrogens with zero attached hydrogens (tertiary/aromatic N) is 2. The molecule has 0 saturated carbocycles. The van der Waals surface area contributed by atoms with Gasteiger partial charge in [0, 0.05) is 27.8 Å². The molecule has 0 aliphatic carbocycles. The van der Waals surface area contributed by atoms with E-state index >= 15 is 0 Å². The van der Waals surface area contributed by atoms with Gasteiger partial charge in [0.1, 0.15) is 10.6 Å². The van der Waals surface area contributed by atoms with E-state index in [9.17, 15) is 9.18 Å². The van der Waals surface area contributed by atoms with Crippen molar-refractivity contribution in [1.29, 1.82) is 0 Å². The van der Waals surface area contributed by atoms with Crippen LogP contribution < -0.4 is 5.56 Å². The van der Waals surface area contributed by atoms with Crippen LogP contribution in [0.3, 0.4) is 0 Å². The highest BCUT2D eigenvalue weighted by molar-refractivity contribution is 7.98. The Morgan fingerprint density at radius 2 is 2.20 bits per heavy atom. The third-order valence-electron chi connectivity index (χ3n) is 3.97. The summed E-state index contributed by atoms with van der Waals surface area (Å²) in [5, 5.41) is 1.56. The number of aryl methyl sites for hydroxylation is 2. The Kier molecular flexibility index (Phi) is 5.32. The lowest BCUT2D eigenvalue weighted by atomic mass is 10.2. The number of hydrogen-bond donors (Lipinski definition) is 0. The first-order valence-electron chi connectivity index (χ1n) is 7.61. The quantitative estimate of drug-likeness (QED) is 0.332. The monoisotopic (exact) mass is 394 g/mol. The van der Waals surface area contributed by atoms with Crippen molar-refractivity contribution in [1.82, 2.24) is 9.55 Å². The molecule has 25 heavy (non-hydrogen) atoms. The summed E-state index contributed by atoms with van der Waals surface area (Å²) in [5.74, 6) is -0.0641. The first kappa shape index (κ1) is 18.2. The Balaban J connectivity index is 2.07. The number of rotatable bonds is 5. The van der Waals surface area contributed by atoms with Crippen LogP contribution >= 0.6 is 34.7 Å². The van der Waals surface area contributed by atoms with Crippen LogP contribution in [0.5, 0.6) is 0 Å². The average Bonchev–Trinajstić information content (AvgIpc) is 2.85. The summed E-state index contributed by atoms with van der Waals surface area (Å²) in [4.78, 5) is 19.3. The summed E-state index contributed by atoms with van der Waals surface area (Å²) < 4.78 is 15.6. The number of fused-ring (bicyclic) bond motifs is 1. The Labute approximate surface area is 158 Å². The van der Waals surface area contributed by atoms with Crippen molar-refractivity contribution in [3.8, 4) is 0 Å². The maximum atomic E-state index is 14.0. The summed E-state index contributed by atoms with van der Waals surface area (Å²) in [7, 11) is 0. The Morgan fingerprint density at radius 3 is 2.88 bits per heavy atom. The van der Waals surface area contributed by atoms with Gasteiger partial charge in [0.2, 0.25) is 0 Å². The highest BCUT2D eigenvalue weighted by atomic mass is 35.5. The van der Waals surface area contributed by atoms with E-state index in [-0.39, 0.29) is 11.4 Å². The third-order valence-corrected chi connectivity index (χ3v) is 6.43. The normalized spacial score (nSPS) is 11.2. The molecule has 0 N–H and O–H groups in total. The fraction of sp³-hybridized carbons (Fsp3) is 0.222. The fourth-order valence-electron chi connectivity index (χ4n) is 2.52. The van der Waals surface area contributed by atoms with Gasteiger partial charge >= 0.3 is 0 Å². The van der Waals surface area contributed by atoms with Crippen molar-refractivity contribution in [2.24, 2.45) is 0 Å². The van der Waals surface area contributed by atoms with Crippen molar-refractivity contribution in [3.63, 3.8) is 0 Å². The molecule has 3 nitrogen and oxygen atoms in total. The molecule has 1 aromatic carbocycles. The van der Waals surface area contributed by atoms with E-state index in [0.717, 1.165) is 10.4 Å². The van der Waals surface area contributed by atoms with Crippen LogP contribution in [0.1, 0.15) is 16.0 Å². The van der Waals surface area contributed by atoms with Crippen LogP contribution in [0.4, 0.5) is 4.39 Å². The van der Waals surface area contributed by atoms with E-state index in [2.05, 4.69) is 11.6 Å². The van der Waals surface area contributed by atoms with E-state index in [0.29, 0.717) is 38.3 Å². The van der Waals surface area contributed by atoms with Gasteiger partial charge in [-0.3, -0.25) is 9.36 Å². The van der Waals surface area contributed by atoms with E-state index in [1.165, 1.54) is 29.2 Å². The molecule has 2 heterocycles. The summed E-state index contributed by atoms with van der Waals surface area (Å²) in [6, 6.07) is 4.60. The lowest BCUT2D eigenvalue weighted by Gasteiger charge is -2.11. The molecule has 0 amide bonds. The van der Waals surface area contributed by atoms with E-state index < -0.39 is 0 Å². The van der Waals surface area contributed by atoms with Crippen LogP contribution in [0.25, 0.3) is 10.2 Å². The predicted molar refractivity (Wildman–Crippen MR) is 105 cm³/mol. The molecule has 3 rings (SSSR count). The molecule has 0 aliphatic heterocycles. The predicted octanol–water partition coefficient (Wildman–Crippen LogP) is 5.35. The SMILES string of the molecule is C=CCn1c(SCc2c(F)cccc2Cl)nc2sc(C)c(C)c2c1=O. The summed E-state index contributed by atoms with van der Waals surface area (Å²) in [6.45, 7) is 7.98. The summed E-state index contributed by atoms with van der Waals surface area (Å²) in [6.07, 6.45) is 1.66. The van der Waals surface area contributed by atoms with Gasteiger partial charge in [-0.25, -0.2) is 9.37 Å². The smallest absolute Gasteiger partial charge is 0.263 e. The highest BCUT2D eigenvalue weighted by Crippen LogP contribution is 2.31. The Bertz CT molecular complexity index is 1010. The molecule has 0 radical (unpaired) electrons. The highest BCUT2D eigenvalue weighted by Gasteiger charge is 2.17. The average molecular weight is 395 g/mol. The summed E-state index contributed by atoms with van der Waals surface area (Å²) >= 11 is 8.89. The minimum absolute atomic E-state index is 0.0890. The standard InChI is InChI=1S/C18H16ClFN2OS2/c1-4-8-22-17(23)15-10(2)11(3)25-16(15)21-18(22)24-9-12-13(19)6-5-7-14(12)20/h4-7H,1,8-9H2,2-3H3. The number of benzene rings is 1. The molecule has 0 bridgehead atoms. The van der Waals surface area contributed by atoms with Crippen molar-refractivity contribution < 1.29 is 4.39 Å². The van der Waals surface area contributed by atoms with Gasteiger partial charge in [-0.1, -0.05) is 35.5 Å². The van der Waals surface area contributed by atoms with Gasteiger partial charge in [0.15, 0.2) is 5.16 Å². The minimum atomic E-state index is -0.360. The van der Waals surface area contributed by atoms with Crippen molar-refractivity contribution in [2.45, 2.75) is 31.3 Å². The zero-order valence-electron chi connectivity index (χ0n) is 13.8. The van der Waals surface area contributed by atoms with Gasteiger partial charge in [0.05, 0.1) is 5.39 Å². The number of allylic oxidation sites excluding steroid dienone is 1. The molecule has 0 fully saturated rings. The molecule has 0 aliphatic rings. The summed E-state index contributed by atoms with van der Waals surface area (Å²) in [5.41, 5.74) is 1.28. The van der Waals surface area contributed by atoms with Gasteiger partial charge in [-0.2, -0.15) is 0 Å². The van der Waals surface area contributed by atoms with Crippen LogP contribution in [0.2, 0.25) is 5.02 Å². The largest absolute Gasteiger partial charge is 0.283 e. The molecule has 3 aromatic rings. The molecule has 130 valence electrons. The first-order chi connectivity index (χ1) is 11.9. The van der Waals surface area contributed by atoms with Crippen LogP contribution in [0, 0.1) is 19.7 Å². The molecule has 0 atom stereocenters. The molecule has 0 unspecified atom stereocenters. The first-order valence-corrected chi connectivity index (χ1v) is 9.79. The number of hydrogen-bond acceptors (Lipinski definition) is 4. The zero-order valence-corrected chi connectivity index (χ0v) is 16.2. The zero-order chi connectivity index (χ0) is 18.1. The maximum Gasteiger partial charge on any atom is 0.263 e.